The lowest BCUT2D eigenvalue weighted by molar-refractivity contribution is 0.408. The number of fused-ring (bicyclic) bond motifs is 3. The molecule has 4 nitrogen and oxygen atoms in total. The summed E-state index contributed by atoms with van der Waals surface area (Å²) in [5.74, 6) is 0.625. The van der Waals surface area contributed by atoms with Crippen LogP contribution in [0.5, 0.6) is 0 Å². The Morgan fingerprint density at radius 1 is 1.00 bits per heavy atom. The molecule has 1 heterocycles. The zero-order valence-electron chi connectivity index (χ0n) is 20.0. The van der Waals surface area contributed by atoms with E-state index < -0.39 is 10.0 Å². The van der Waals surface area contributed by atoms with Crippen molar-refractivity contribution in [1.29, 1.82) is 0 Å². The van der Waals surface area contributed by atoms with Crippen LogP contribution in [0.4, 0.5) is 5.69 Å². The number of rotatable bonds is 7. The molecule has 0 spiro atoms. The summed E-state index contributed by atoms with van der Waals surface area (Å²) in [4.78, 5) is 0.417. The molecule has 0 radical (unpaired) electrons. The van der Waals surface area contributed by atoms with Gasteiger partial charge in [0.05, 0.1) is 10.9 Å². The number of nitrogens with zero attached hydrogens (tertiary/aromatic N) is 1. The summed E-state index contributed by atoms with van der Waals surface area (Å²) in [5, 5.41) is 3.80. The van der Waals surface area contributed by atoms with Gasteiger partial charge in [-0.1, -0.05) is 43.7 Å². The summed E-state index contributed by atoms with van der Waals surface area (Å²) in [6.07, 6.45) is 7.18. The third-order valence-electron chi connectivity index (χ3n) is 6.97. The van der Waals surface area contributed by atoms with Gasteiger partial charge in [0.1, 0.15) is 0 Å². The zero-order valence-corrected chi connectivity index (χ0v) is 20.8. The van der Waals surface area contributed by atoms with E-state index in [-0.39, 0.29) is 12.0 Å². The number of nitrogens with one attached hydrogen (secondary N) is 1. The van der Waals surface area contributed by atoms with Gasteiger partial charge in [-0.25, -0.2) is 8.42 Å². The highest BCUT2D eigenvalue weighted by Gasteiger charge is 2.39. The van der Waals surface area contributed by atoms with Crippen molar-refractivity contribution >= 4 is 15.7 Å². The van der Waals surface area contributed by atoms with Crippen LogP contribution in [0.3, 0.4) is 0 Å². The Morgan fingerprint density at radius 2 is 1.66 bits per heavy atom. The van der Waals surface area contributed by atoms with E-state index in [9.17, 15) is 8.42 Å². The lowest BCUT2D eigenvalue weighted by Crippen LogP contribution is -2.33. The minimum Gasteiger partial charge on any atom is -0.378 e. The lowest BCUT2D eigenvalue weighted by Gasteiger charge is -2.39. The first-order valence-corrected chi connectivity index (χ1v) is 13.4. The second-order valence-electron chi connectivity index (χ2n) is 9.44. The lowest BCUT2D eigenvalue weighted by atomic mass is 9.75. The molecule has 0 bridgehead atoms. The number of benzene rings is 2. The predicted molar refractivity (Wildman–Crippen MR) is 133 cm³/mol. The summed E-state index contributed by atoms with van der Waals surface area (Å²) < 4.78 is 28.4. The number of hydrogen-bond donors (Lipinski definition) is 1. The van der Waals surface area contributed by atoms with Gasteiger partial charge in [0.15, 0.2) is 0 Å². The van der Waals surface area contributed by atoms with Crippen LogP contribution >= 0.6 is 0 Å². The van der Waals surface area contributed by atoms with Gasteiger partial charge in [0, 0.05) is 24.7 Å². The monoisotopic (exact) mass is 452 g/mol. The Balaban J connectivity index is 1.75. The number of anilines is 1. The molecule has 172 valence electrons. The molecule has 0 saturated heterocycles. The van der Waals surface area contributed by atoms with Crippen molar-refractivity contribution in [1.82, 2.24) is 4.31 Å². The molecule has 1 aliphatic carbocycles. The quantitative estimate of drug-likeness (QED) is 0.505. The van der Waals surface area contributed by atoms with E-state index in [1.54, 1.807) is 10.4 Å². The Morgan fingerprint density at radius 3 is 2.28 bits per heavy atom. The Kier molecular flexibility index (Phi) is 6.51. The van der Waals surface area contributed by atoms with E-state index in [0.29, 0.717) is 23.9 Å². The van der Waals surface area contributed by atoms with Crippen molar-refractivity contribution in [2.45, 2.75) is 70.7 Å². The van der Waals surface area contributed by atoms with Crippen molar-refractivity contribution in [2.24, 2.45) is 5.92 Å². The van der Waals surface area contributed by atoms with E-state index in [2.05, 4.69) is 50.4 Å². The van der Waals surface area contributed by atoms with Gasteiger partial charge in [0.2, 0.25) is 10.0 Å². The van der Waals surface area contributed by atoms with E-state index in [0.717, 1.165) is 30.5 Å². The maximum absolute atomic E-state index is 13.4. The van der Waals surface area contributed by atoms with Crippen molar-refractivity contribution in [2.75, 3.05) is 18.4 Å². The number of allylic oxidation sites excluding steroid dienone is 2. The van der Waals surface area contributed by atoms with Crippen LogP contribution in [0.25, 0.3) is 0 Å². The van der Waals surface area contributed by atoms with Gasteiger partial charge in [-0.2, -0.15) is 4.31 Å². The molecule has 3 unspecified atom stereocenters. The maximum atomic E-state index is 13.4. The zero-order chi connectivity index (χ0) is 23.0. The first kappa shape index (κ1) is 23.1. The first-order valence-electron chi connectivity index (χ1n) is 11.9. The summed E-state index contributed by atoms with van der Waals surface area (Å²) in [7, 11) is -3.49. The van der Waals surface area contributed by atoms with Crippen LogP contribution in [0.15, 0.2) is 47.4 Å². The van der Waals surface area contributed by atoms with Crippen molar-refractivity contribution in [3.63, 3.8) is 0 Å². The summed E-state index contributed by atoms with van der Waals surface area (Å²) in [6, 6.07) is 10.4. The van der Waals surface area contributed by atoms with Crippen LogP contribution in [-0.4, -0.2) is 25.8 Å². The molecule has 2 aromatic carbocycles. The van der Waals surface area contributed by atoms with Gasteiger partial charge in [-0.3, -0.25) is 0 Å². The van der Waals surface area contributed by atoms with Gasteiger partial charge >= 0.3 is 0 Å². The van der Waals surface area contributed by atoms with E-state index in [4.69, 9.17) is 0 Å². The normalized spacial score (nSPS) is 22.0. The number of aryl methyl sites for hydroxylation is 3. The second kappa shape index (κ2) is 9.03. The van der Waals surface area contributed by atoms with E-state index in [1.165, 1.54) is 22.3 Å². The molecular formula is C27H36N2O2S. The van der Waals surface area contributed by atoms with Crippen LogP contribution in [0, 0.1) is 26.7 Å². The molecule has 4 rings (SSSR count). The summed E-state index contributed by atoms with van der Waals surface area (Å²) in [5.41, 5.74) is 7.48. The fourth-order valence-corrected chi connectivity index (χ4v) is 7.36. The van der Waals surface area contributed by atoms with Crippen molar-refractivity contribution in [3.8, 4) is 0 Å². The minimum absolute atomic E-state index is 0.224. The molecule has 0 saturated carbocycles. The van der Waals surface area contributed by atoms with Gasteiger partial charge in [-0.15, -0.1) is 0 Å². The number of sulfonamides is 1. The van der Waals surface area contributed by atoms with E-state index in [1.807, 2.05) is 26.0 Å². The van der Waals surface area contributed by atoms with E-state index >= 15 is 0 Å². The molecule has 3 atom stereocenters. The molecule has 5 heteroatoms. The molecular weight excluding hydrogens is 416 g/mol. The Bertz CT molecular complexity index is 1110. The third-order valence-corrected chi connectivity index (χ3v) is 8.86. The largest absolute Gasteiger partial charge is 0.378 e. The molecule has 0 fully saturated rings. The maximum Gasteiger partial charge on any atom is 0.243 e. The average Bonchev–Trinajstić information content (AvgIpc) is 3.23. The minimum atomic E-state index is -3.49. The van der Waals surface area contributed by atoms with Gasteiger partial charge in [-0.05, 0) is 86.4 Å². The molecule has 2 aliphatic rings. The Hall–Kier alpha value is -2.11. The van der Waals surface area contributed by atoms with Crippen molar-refractivity contribution < 1.29 is 8.42 Å². The topological polar surface area (TPSA) is 49.4 Å². The average molecular weight is 453 g/mol. The van der Waals surface area contributed by atoms with Crippen LogP contribution in [0.1, 0.15) is 72.9 Å². The first-order chi connectivity index (χ1) is 15.3. The van der Waals surface area contributed by atoms with Crippen LogP contribution in [0.2, 0.25) is 0 Å². The van der Waals surface area contributed by atoms with Crippen molar-refractivity contribution in [3.05, 3.63) is 70.3 Å². The molecule has 1 aliphatic heterocycles. The SMILES string of the molecule is CCCN(CCC)S(=O)(=O)c1ccc2c(c1)C1C=CCC1C(c1c(C)cc(C)cc1C)N2. The van der Waals surface area contributed by atoms with Crippen LogP contribution < -0.4 is 5.32 Å². The number of hydrogen-bond acceptors (Lipinski definition) is 3. The molecule has 32 heavy (non-hydrogen) atoms. The molecule has 2 aromatic rings. The fourth-order valence-electron chi connectivity index (χ4n) is 5.70. The molecule has 1 N–H and O–H groups in total. The summed E-state index contributed by atoms with van der Waals surface area (Å²) >= 11 is 0. The van der Waals surface area contributed by atoms with Gasteiger partial charge in [0.25, 0.3) is 0 Å². The molecule has 0 aromatic heterocycles. The molecule has 0 amide bonds. The summed E-state index contributed by atoms with van der Waals surface area (Å²) in [6.45, 7) is 11.7. The third kappa shape index (κ3) is 4.01. The predicted octanol–water partition coefficient (Wildman–Crippen LogP) is 6.25. The highest BCUT2D eigenvalue weighted by Crippen LogP contribution is 2.51. The highest BCUT2D eigenvalue weighted by atomic mass is 32.2. The second-order valence-corrected chi connectivity index (χ2v) is 11.4. The fraction of sp³-hybridized carbons (Fsp3) is 0.481. The standard InChI is InChI=1S/C27H36N2O2S/c1-6-13-29(14-7-2)32(30,31)21-11-12-25-24(17-21)22-9-8-10-23(22)27(28-25)26-19(4)15-18(3)16-20(26)5/h8-9,11-12,15-17,22-23,27-28H,6-7,10,13-14H2,1-5H3. The smallest absolute Gasteiger partial charge is 0.243 e. The van der Waals surface area contributed by atoms with Gasteiger partial charge < -0.3 is 5.32 Å². The Labute approximate surface area is 193 Å². The highest BCUT2D eigenvalue weighted by molar-refractivity contribution is 7.89. The van der Waals surface area contributed by atoms with Crippen LogP contribution in [-0.2, 0) is 10.0 Å².